The van der Waals surface area contributed by atoms with Crippen LogP contribution in [0.5, 0.6) is 0 Å². The number of carbonyl (C=O) groups is 1. The van der Waals surface area contributed by atoms with E-state index in [0.29, 0.717) is 4.47 Å². The second-order valence-corrected chi connectivity index (χ2v) is 5.61. The van der Waals surface area contributed by atoms with Gasteiger partial charge in [0, 0.05) is 10.0 Å². The maximum absolute atomic E-state index is 12.7. The van der Waals surface area contributed by atoms with Crippen LogP contribution in [0.1, 0.15) is 16.1 Å². The fraction of sp³-hybridized carbons (Fsp3) is 0.0909. The van der Waals surface area contributed by atoms with Crippen LogP contribution in [0.4, 0.5) is 18.2 Å². The Kier molecular flexibility index (Phi) is 3.74. The van der Waals surface area contributed by atoms with Gasteiger partial charge in [0.2, 0.25) is 0 Å². The van der Waals surface area contributed by atoms with Gasteiger partial charge in [0.1, 0.15) is 10.0 Å². The van der Waals surface area contributed by atoms with Crippen molar-refractivity contribution in [1.82, 2.24) is 4.98 Å². The van der Waals surface area contributed by atoms with Gasteiger partial charge in [0.15, 0.2) is 5.69 Å². The number of hydrogen-bond acceptors (Lipinski definition) is 4. The normalized spacial score (nSPS) is 11.6. The number of carboxylic acid groups (broad SMARTS) is 1. The smallest absolute Gasteiger partial charge is 0.416 e. The van der Waals surface area contributed by atoms with Gasteiger partial charge in [-0.3, -0.25) is 0 Å². The predicted octanol–water partition coefficient (Wildman–Crippen LogP) is 3.87. The van der Waals surface area contributed by atoms with E-state index < -0.39 is 17.7 Å². The number of alkyl halides is 3. The van der Waals surface area contributed by atoms with Crippen LogP contribution in [0, 0.1) is 0 Å². The first kappa shape index (κ1) is 14.8. The van der Waals surface area contributed by atoms with Gasteiger partial charge >= 0.3 is 12.1 Å². The van der Waals surface area contributed by atoms with Crippen molar-refractivity contribution < 1.29 is 23.1 Å². The monoisotopic (exact) mass is 366 g/mol. The minimum atomic E-state index is -4.49. The summed E-state index contributed by atoms with van der Waals surface area (Å²) >= 11 is 3.93. The van der Waals surface area contributed by atoms with Gasteiger partial charge in [-0.15, -0.1) is 0 Å². The highest BCUT2D eigenvalue weighted by Gasteiger charge is 2.31. The Labute approximate surface area is 123 Å². The molecule has 3 N–H and O–H groups in total. The van der Waals surface area contributed by atoms with Crippen LogP contribution in [0.25, 0.3) is 10.6 Å². The van der Waals surface area contributed by atoms with Crippen molar-refractivity contribution >= 4 is 38.2 Å². The lowest BCUT2D eigenvalue weighted by Crippen LogP contribution is -2.05. The van der Waals surface area contributed by atoms with E-state index >= 15 is 0 Å². The summed E-state index contributed by atoms with van der Waals surface area (Å²) < 4.78 is 38.4. The van der Waals surface area contributed by atoms with Gasteiger partial charge in [-0.1, -0.05) is 27.3 Å². The van der Waals surface area contributed by atoms with E-state index in [4.69, 9.17) is 10.8 Å². The second kappa shape index (κ2) is 5.06. The number of nitrogens with two attached hydrogens (primary N) is 1. The van der Waals surface area contributed by atoms with Crippen molar-refractivity contribution in [2.75, 3.05) is 5.73 Å². The number of nitrogen functional groups attached to an aromatic ring is 1. The molecule has 0 bridgehead atoms. The molecule has 0 spiro atoms. The number of carboxylic acids is 1. The average molecular weight is 367 g/mol. The Hall–Kier alpha value is -1.61. The Morgan fingerprint density at radius 3 is 2.55 bits per heavy atom. The van der Waals surface area contributed by atoms with E-state index in [2.05, 4.69) is 20.9 Å². The molecule has 2 rings (SSSR count). The third-order valence-electron chi connectivity index (χ3n) is 2.38. The number of aromatic carboxylic acids is 1. The Balaban J connectivity index is 2.57. The molecule has 0 saturated heterocycles. The average Bonchev–Trinajstić information content (AvgIpc) is 2.70. The summed E-state index contributed by atoms with van der Waals surface area (Å²) in [6, 6.07) is 3.05. The minimum absolute atomic E-state index is 0.0585. The first-order valence-electron chi connectivity index (χ1n) is 5.07. The van der Waals surface area contributed by atoms with Gasteiger partial charge in [0.05, 0.1) is 5.56 Å². The third-order valence-corrected chi connectivity index (χ3v) is 3.99. The van der Waals surface area contributed by atoms with E-state index in [1.165, 1.54) is 6.07 Å². The van der Waals surface area contributed by atoms with Crippen LogP contribution in [-0.2, 0) is 6.18 Å². The summed E-state index contributed by atoms with van der Waals surface area (Å²) in [5.74, 6) is -1.33. The standard InChI is InChI=1S/C11H6BrF3N2O2S/c12-6-2-1-4(11(13,14)15)3-5(6)9-17-7(10(18)19)8(16)20-9/h1-3H,16H2,(H,18,19). The van der Waals surface area contributed by atoms with E-state index in [9.17, 15) is 18.0 Å². The molecule has 4 nitrogen and oxygen atoms in total. The maximum atomic E-state index is 12.7. The summed E-state index contributed by atoms with van der Waals surface area (Å²) in [5, 5.41) is 8.90. The van der Waals surface area contributed by atoms with E-state index in [1.54, 1.807) is 0 Å². The Morgan fingerprint density at radius 1 is 1.40 bits per heavy atom. The van der Waals surface area contributed by atoms with Gasteiger partial charge in [-0.05, 0) is 18.2 Å². The molecule has 106 valence electrons. The van der Waals surface area contributed by atoms with Crippen molar-refractivity contribution in [3.05, 3.63) is 33.9 Å². The summed E-state index contributed by atoms with van der Waals surface area (Å²) in [6.45, 7) is 0. The third kappa shape index (κ3) is 2.78. The van der Waals surface area contributed by atoms with Crippen LogP contribution in [0.2, 0.25) is 0 Å². The topological polar surface area (TPSA) is 76.2 Å². The lowest BCUT2D eigenvalue weighted by molar-refractivity contribution is -0.137. The highest BCUT2D eigenvalue weighted by molar-refractivity contribution is 9.10. The van der Waals surface area contributed by atoms with E-state index in [1.807, 2.05) is 0 Å². The Bertz CT molecular complexity index is 685. The molecule has 0 radical (unpaired) electrons. The van der Waals surface area contributed by atoms with Crippen molar-refractivity contribution in [3.63, 3.8) is 0 Å². The molecule has 0 unspecified atom stereocenters. The van der Waals surface area contributed by atoms with Gasteiger partial charge in [-0.25, -0.2) is 9.78 Å². The number of thiazole rings is 1. The highest BCUT2D eigenvalue weighted by atomic mass is 79.9. The Morgan fingerprint density at radius 2 is 2.05 bits per heavy atom. The predicted molar refractivity (Wildman–Crippen MR) is 71.6 cm³/mol. The van der Waals surface area contributed by atoms with Crippen LogP contribution in [-0.4, -0.2) is 16.1 Å². The first-order chi connectivity index (χ1) is 9.20. The number of nitrogens with zero attached hydrogens (tertiary/aromatic N) is 1. The summed E-state index contributed by atoms with van der Waals surface area (Å²) in [6.07, 6.45) is -4.49. The van der Waals surface area contributed by atoms with E-state index in [0.717, 1.165) is 23.5 Å². The van der Waals surface area contributed by atoms with Crippen LogP contribution in [0.15, 0.2) is 22.7 Å². The fourth-order valence-electron chi connectivity index (χ4n) is 1.47. The zero-order valence-electron chi connectivity index (χ0n) is 9.53. The van der Waals surface area contributed by atoms with Crippen molar-refractivity contribution in [2.24, 2.45) is 0 Å². The largest absolute Gasteiger partial charge is 0.476 e. The van der Waals surface area contributed by atoms with Crippen molar-refractivity contribution in [2.45, 2.75) is 6.18 Å². The molecule has 1 heterocycles. The number of anilines is 1. The highest BCUT2D eigenvalue weighted by Crippen LogP contribution is 2.38. The number of aromatic nitrogens is 1. The van der Waals surface area contributed by atoms with Crippen LogP contribution in [0.3, 0.4) is 0 Å². The first-order valence-corrected chi connectivity index (χ1v) is 6.68. The molecule has 0 amide bonds. The summed E-state index contributed by atoms with van der Waals surface area (Å²) in [4.78, 5) is 14.6. The molecule has 20 heavy (non-hydrogen) atoms. The molecule has 0 fully saturated rings. The summed E-state index contributed by atoms with van der Waals surface area (Å²) in [5.41, 5.74) is 4.42. The van der Waals surface area contributed by atoms with Gasteiger partial charge in [-0.2, -0.15) is 13.2 Å². The zero-order valence-corrected chi connectivity index (χ0v) is 11.9. The number of benzene rings is 1. The molecule has 0 saturated carbocycles. The molecule has 1 aromatic heterocycles. The van der Waals surface area contributed by atoms with Gasteiger partial charge < -0.3 is 10.8 Å². The number of rotatable bonds is 2. The molecule has 2 aromatic rings. The molecule has 9 heteroatoms. The zero-order chi connectivity index (χ0) is 15.1. The second-order valence-electron chi connectivity index (χ2n) is 3.73. The van der Waals surface area contributed by atoms with Crippen LogP contribution < -0.4 is 5.73 Å². The molecular weight excluding hydrogens is 361 g/mol. The minimum Gasteiger partial charge on any atom is -0.476 e. The van der Waals surface area contributed by atoms with Crippen LogP contribution >= 0.6 is 27.3 Å². The molecule has 0 aliphatic rings. The quantitative estimate of drug-likeness (QED) is 0.845. The molecular formula is C11H6BrF3N2O2S. The molecule has 0 aliphatic carbocycles. The molecule has 1 aromatic carbocycles. The maximum Gasteiger partial charge on any atom is 0.416 e. The lowest BCUT2D eigenvalue weighted by atomic mass is 10.1. The SMILES string of the molecule is Nc1sc(-c2cc(C(F)(F)F)ccc2Br)nc1C(=O)O. The fourth-order valence-corrected chi connectivity index (χ4v) is 2.89. The van der Waals surface area contributed by atoms with Crippen molar-refractivity contribution in [3.8, 4) is 10.6 Å². The van der Waals surface area contributed by atoms with E-state index in [-0.39, 0.29) is 21.3 Å². The van der Waals surface area contributed by atoms with Gasteiger partial charge in [0.25, 0.3) is 0 Å². The number of hydrogen-bond donors (Lipinski definition) is 2. The lowest BCUT2D eigenvalue weighted by Gasteiger charge is -2.08. The molecule has 0 aliphatic heterocycles. The summed E-state index contributed by atoms with van der Waals surface area (Å²) in [7, 11) is 0. The molecule has 0 atom stereocenters. The number of halogens is 4. The van der Waals surface area contributed by atoms with Crippen molar-refractivity contribution in [1.29, 1.82) is 0 Å².